The lowest BCUT2D eigenvalue weighted by Gasteiger charge is -2.10. The molecule has 3 aromatic rings. The number of ether oxygens (including phenoxy) is 1. The van der Waals surface area contributed by atoms with Gasteiger partial charge in [0.1, 0.15) is 0 Å². The van der Waals surface area contributed by atoms with Crippen molar-refractivity contribution in [2.75, 3.05) is 0 Å². The lowest BCUT2D eigenvalue weighted by molar-refractivity contribution is -0.149. The van der Waals surface area contributed by atoms with Crippen molar-refractivity contribution in [3.63, 3.8) is 0 Å². The fourth-order valence-electron chi connectivity index (χ4n) is 2.79. The summed E-state index contributed by atoms with van der Waals surface area (Å²) in [5.41, 5.74) is 3.34. The van der Waals surface area contributed by atoms with Gasteiger partial charge in [0, 0.05) is 17.5 Å². The van der Waals surface area contributed by atoms with Gasteiger partial charge in [0.05, 0.1) is 6.42 Å². The Labute approximate surface area is 163 Å². The van der Waals surface area contributed by atoms with Gasteiger partial charge in [0.15, 0.2) is 11.9 Å². The highest BCUT2D eigenvalue weighted by molar-refractivity contribution is 5.98. The van der Waals surface area contributed by atoms with E-state index in [-0.39, 0.29) is 24.5 Å². The van der Waals surface area contributed by atoms with Crippen molar-refractivity contribution in [1.82, 2.24) is 10.2 Å². The predicted molar refractivity (Wildman–Crippen MR) is 104 cm³/mol. The molecule has 1 unspecified atom stereocenters. The summed E-state index contributed by atoms with van der Waals surface area (Å²) in [4.78, 5) is 24.5. The maximum atomic E-state index is 12.4. The molecule has 0 aliphatic carbocycles. The van der Waals surface area contributed by atoms with Crippen LogP contribution in [0.2, 0.25) is 0 Å². The first-order valence-electron chi connectivity index (χ1n) is 9.13. The van der Waals surface area contributed by atoms with Crippen LogP contribution in [0.4, 0.5) is 0 Å². The Morgan fingerprint density at radius 1 is 1.04 bits per heavy atom. The van der Waals surface area contributed by atoms with E-state index in [1.165, 1.54) is 0 Å². The summed E-state index contributed by atoms with van der Waals surface area (Å²) >= 11 is 0. The molecule has 0 saturated heterocycles. The standard InChI is InChI=1S/C22H22N2O4/c1-14-9-10-15(2)18(13-14)19(25)11-12-20(26)27-16(3)21-23-24-22(28-21)17-7-5-4-6-8-17/h4-10,13,16H,11-12H2,1-3H3. The van der Waals surface area contributed by atoms with Crippen LogP contribution in [-0.4, -0.2) is 21.9 Å². The molecule has 6 nitrogen and oxygen atoms in total. The van der Waals surface area contributed by atoms with Crippen LogP contribution in [0.3, 0.4) is 0 Å². The molecule has 3 rings (SSSR count). The Kier molecular flexibility index (Phi) is 5.99. The second-order valence-electron chi connectivity index (χ2n) is 6.69. The summed E-state index contributed by atoms with van der Waals surface area (Å²) in [5, 5.41) is 7.93. The third-order valence-electron chi connectivity index (χ3n) is 4.37. The Hall–Kier alpha value is -3.28. The topological polar surface area (TPSA) is 82.3 Å². The van der Waals surface area contributed by atoms with Crippen molar-refractivity contribution < 1.29 is 18.7 Å². The molecule has 2 aromatic carbocycles. The van der Waals surface area contributed by atoms with Crippen LogP contribution in [-0.2, 0) is 9.53 Å². The zero-order valence-corrected chi connectivity index (χ0v) is 16.1. The van der Waals surface area contributed by atoms with Gasteiger partial charge >= 0.3 is 5.97 Å². The zero-order chi connectivity index (χ0) is 20.1. The highest BCUT2D eigenvalue weighted by atomic mass is 16.6. The zero-order valence-electron chi connectivity index (χ0n) is 16.1. The lowest BCUT2D eigenvalue weighted by Crippen LogP contribution is -2.12. The Morgan fingerprint density at radius 2 is 1.79 bits per heavy atom. The molecule has 0 bridgehead atoms. The van der Waals surface area contributed by atoms with Gasteiger partial charge in [-0.25, -0.2) is 0 Å². The van der Waals surface area contributed by atoms with Crippen LogP contribution in [0.1, 0.15) is 53.2 Å². The van der Waals surface area contributed by atoms with Gasteiger partial charge in [0.25, 0.3) is 5.89 Å². The Bertz CT molecular complexity index is 979. The van der Waals surface area contributed by atoms with E-state index in [0.717, 1.165) is 16.7 Å². The van der Waals surface area contributed by atoms with Crippen molar-refractivity contribution in [1.29, 1.82) is 0 Å². The first-order valence-corrected chi connectivity index (χ1v) is 9.13. The number of carbonyl (C=O) groups excluding carboxylic acids is 2. The Morgan fingerprint density at radius 3 is 2.54 bits per heavy atom. The van der Waals surface area contributed by atoms with Crippen LogP contribution < -0.4 is 0 Å². The molecule has 0 aliphatic heterocycles. The molecule has 0 amide bonds. The van der Waals surface area contributed by atoms with E-state index < -0.39 is 12.1 Å². The molecule has 0 N–H and O–H groups in total. The van der Waals surface area contributed by atoms with Crippen LogP contribution >= 0.6 is 0 Å². The van der Waals surface area contributed by atoms with Gasteiger partial charge in [-0.3, -0.25) is 9.59 Å². The predicted octanol–water partition coefficient (Wildman–Crippen LogP) is 4.62. The number of ketones is 1. The number of carbonyl (C=O) groups is 2. The van der Waals surface area contributed by atoms with E-state index in [1.54, 1.807) is 6.92 Å². The maximum Gasteiger partial charge on any atom is 0.307 e. The van der Waals surface area contributed by atoms with E-state index in [1.807, 2.05) is 62.4 Å². The van der Waals surface area contributed by atoms with Crippen LogP contribution in [0.5, 0.6) is 0 Å². The summed E-state index contributed by atoms with van der Waals surface area (Å²) < 4.78 is 10.9. The minimum absolute atomic E-state index is 0.00374. The van der Waals surface area contributed by atoms with Gasteiger partial charge in [-0.05, 0) is 44.5 Å². The molecular formula is C22H22N2O4. The summed E-state index contributed by atoms with van der Waals surface area (Å²) in [5.74, 6) is 0.0252. The summed E-state index contributed by atoms with van der Waals surface area (Å²) in [6.45, 7) is 5.47. The fourth-order valence-corrected chi connectivity index (χ4v) is 2.79. The number of hydrogen-bond donors (Lipinski definition) is 0. The second-order valence-corrected chi connectivity index (χ2v) is 6.69. The van der Waals surface area contributed by atoms with E-state index in [4.69, 9.17) is 9.15 Å². The number of aromatic nitrogens is 2. The lowest BCUT2D eigenvalue weighted by atomic mass is 9.99. The monoisotopic (exact) mass is 378 g/mol. The SMILES string of the molecule is Cc1ccc(C)c(C(=O)CCC(=O)OC(C)c2nnc(-c3ccccc3)o2)c1. The van der Waals surface area contributed by atoms with Gasteiger partial charge in [-0.1, -0.05) is 35.9 Å². The molecule has 144 valence electrons. The molecule has 28 heavy (non-hydrogen) atoms. The molecule has 0 radical (unpaired) electrons. The largest absolute Gasteiger partial charge is 0.453 e. The molecule has 0 aliphatic rings. The molecule has 0 fully saturated rings. The van der Waals surface area contributed by atoms with Crippen LogP contribution in [0.25, 0.3) is 11.5 Å². The summed E-state index contributed by atoms with van der Waals surface area (Å²) in [7, 11) is 0. The number of nitrogens with zero attached hydrogens (tertiary/aromatic N) is 2. The van der Waals surface area contributed by atoms with Crippen molar-refractivity contribution in [2.45, 2.75) is 39.7 Å². The van der Waals surface area contributed by atoms with E-state index in [2.05, 4.69) is 10.2 Å². The number of aryl methyl sites for hydroxylation is 2. The first kappa shape index (κ1) is 19.5. The number of esters is 1. The van der Waals surface area contributed by atoms with E-state index >= 15 is 0 Å². The number of rotatable bonds is 7. The highest BCUT2D eigenvalue weighted by Gasteiger charge is 2.20. The van der Waals surface area contributed by atoms with Gasteiger partial charge in [-0.15, -0.1) is 10.2 Å². The second kappa shape index (κ2) is 8.61. The van der Waals surface area contributed by atoms with E-state index in [9.17, 15) is 9.59 Å². The smallest absolute Gasteiger partial charge is 0.307 e. The van der Waals surface area contributed by atoms with Crippen molar-refractivity contribution in [3.8, 4) is 11.5 Å². The van der Waals surface area contributed by atoms with Crippen molar-refractivity contribution in [2.24, 2.45) is 0 Å². The molecule has 0 saturated carbocycles. The minimum Gasteiger partial charge on any atom is -0.453 e. The maximum absolute atomic E-state index is 12.4. The normalized spacial score (nSPS) is 11.8. The average Bonchev–Trinajstić information content (AvgIpc) is 3.19. The Balaban J connectivity index is 1.55. The molecule has 1 atom stereocenters. The third kappa shape index (κ3) is 4.71. The first-order chi connectivity index (χ1) is 13.4. The van der Waals surface area contributed by atoms with Gasteiger partial charge in [-0.2, -0.15) is 0 Å². The quantitative estimate of drug-likeness (QED) is 0.441. The summed E-state index contributed by atoms with van der Waals surface area (Å²) in [6.07, 6.45) is -0.598. The molecule has 1 heterocycles. The molecule has 0 spiro atoms. The van der Waals surface area contributed by atoms with Crippen LogP contribution in [0, 0.1) is 13.8 Å². The number of Topliss-reactive ketones (excluding diaryl/α,β-unsaturated/α-hetero) is 1. The summed E-state index contributed by atoms with van der Waals surface area (Å²) in [6, 6.07) is 15.0. The van der Waals surface area contributed by atoms with Gasteiger partial charge in [0.2, 0.25) is 5.89 Å². The van der Waals surface area contributed by atoms with Gasteiger partial charge < -0.3 is 9.15 Å². The fraction of sp³-hybridized carbons (Fsp3) is 0.273. The minimum atomic E-state index is -0.687. The number of hydrogen-bond acceptors (Lipinski definition) is 6. The van der Waals surface area contributed by atoms with Crippen LogP contribution in [0.15, 0.2) is 52.9 Å². The van der Waals surface area contributed by atoms with Crippen molar-refractivity contribution in [3.05, 3.63) is 71.1 Å². The average molecular weight is 378 g/mol. The molecule has 6 heteroatoms. The molecular weight excluding hydrogens is 356 g/mol. The third-order valence-corrected chi connectivity index (χ3v) is 4.37. The number of benzene rings is 2. The van der Waals surface area contributed by atoms with Crippen molar-refractivity contribution >= 4 is 11.8 Å². The molecule has 1 aromatic heterocycles. The highest BCUT2D eigenvalue weighted by Crippen LogP contribution is 2.22. The van der Waals surface area contributed by atoms with E-state index in [0.29, 0.717) is 11.5 Å².